The Morgan fingerprint density at radius 2 is 2.14 bits per heavy atom. The van der Waals surface area contributed by atoms with Crippen LogP contribution in [0.25, 0.3) is 10.6 Å². The monoisotopic (exact) mass is 299 g/mol. The van der Waals surface area contributed by atoms with Crippen LogP contribution in [-0.4, -0.2) is 21.4 Å². The van der Waals surface area contributed by atoms with E-state index in [1.807, 2.05) is 31.2 Å². The number of allylic oxidation sites excluding steroid dienone is 2. The maximum absolute atomic E-state index is 12.2. The second-order valence-electron chi connectivity index (χ2n) is 4.93. The topological polar surface area (TPSA) is 74.8 Å². The van der Waals surface area contributed by atoms with Gasteiger partial charge in [-0.25, -0.2) is 4.98 Å². The van der Waals surface area contributed by atoms with E-state index in [0.29, 0.717) is 16.3 Å². The van der Waals surface area contributed by atoms with Crippen LogP contribution in [0.5, 0.6) is 0 Å². The normalized spacial score (nSPS) is 15.3. The van der Waals surface area contributed by atoms with Crippen LogP contribution in [-0.2, 0) is 0 Å². The predicted molar refractivity (Wildman–Crippen MR) is 82.3 cm³/mol. The molecule has 2 aromatic heterocycles. The number of amides is 1. The van der Waals surface area contributed by atoms with Crippen LogP contribution >= 0.6 is 11.3 Å². The molecule has 21 heavy (non-hydrogen) atoms. The lowest BCUT2D eigenvalue weighted by Gasteiger charge is -2.20. The summed E-state index contributed by atoms with van der Waals surface area (Å²) in [6, 6.07) is 3.22. The van der Waals surface area contributed by atoms with Gasteiger partial charge in [-0.3, -0.25) is 9.59 Å². The molecular weight excluding hydrogens is 286 g/mol. The minimum absolute atomic E-state index is 0.192. The first kappa shape index (κ1) is 13.5. The van der Waals surface area contributed by atoms with Gasteiger partial charge in [0, 0.05) is 23.2 Å². The Balaban J connectivity index is 1.82. The summed E-state index contributed by atoms with van der Waals surface area (Å²) in [5.74, 6) is -0.235. The lowest BCUT2D eigenvalue weighted by molar-refractivity contribution is 0.0930. The summed E-state index contributed by atoms with van der Waals surface area (Å²) < 4.78 is 0. The van der Waals surface area contributed by atoms with Crippen LogP contribution in [0.4, 0.5) is 0 Å². The fourth-order valence-corrected chi connectivity index (χ4v) is 2.84. The molecule has 0 bridgehead atoms. The number of nitrogens with one attached hydrogen (secondary N) is 2. The van der Waals surface area contributed by atoms with Crippen LogP contribution in [0.3, 0.4) is 0 Å². The summed E-state index contributed by atoms with van der Waals surface area (Å²) in [5.41, 5.74) is 0.396. The SMILES string of the molecule is CC1(NC(=O)c2csc(-c3cc[nH]c(=O)c3)n2)C=CC=C1. The van der Waals surface area contributed by atoms with E-state index in [1.165, 1.54) is 17.4 Å². The van der Waals surface area contributed by atoms with Crippen molar-refractivity contribution in [2.24, 2.45) is 0 Å². The summed E-state index contributed by atoms with van der Waals surface area (Å²) in [7, 11) is 0. The van der Waals surface area contributed by atoms with Crippen LogP contribution in [0.15, 0.2) is 52.8 Å². The van der Waals surface area contributed by atoms with Gasteiger partial charge in [0.05, 0.1) is 5.54 Å². The summed E-state index contributed by atoms with van der Waals surface area (Å²) in [6.45, 7) is 1.91. The molecule has 2 heterocycles. The highest BCUT2D eigenvalue weighted by atomic mass is 32.1. The predicted octanol–water partition coefficient (Wildman–Crippen LogP) is 2.11. The molecule has 0 fully saturated rings. The number of hydrogen-bond acceptors (Lipinski definition) is 4. The Morgan fingerprint density at radius 3 is 2.86 bits per heavy atom. The number of H-pyrrole nitrogens is 1. The van der Waals surface area contributed by atoms with Gasteiger partial charge in [0.25, 0.3) is 5.91 Å². The smallest absolute Gasteiger partial charge is 0.271 e. The second kappa shape index (κ2) is 5.14. The summed E-state index contributed by atoms with van der Waals surface area (Å²) >= 11 is 1.34. The van der Waals surface area contributed by atoms with Gasteiger partial charge in [0.15, 0.2) is 0 Å². The number of aromatic nitrogens is 2. The fraction of sp³-hybridized carbons (Fsp3) is 0.133. The van der Waals surface area contributed by atoms with Gasteiger partial charge in [0.2, 0.25) is 5.56 Å². The number of nitrogens with zero attached hydrogens (tertiary/aromatic N) is 1. The Bertz CT molecular complexity index is 789. The Labute approximate surface area is 125 Å². The maximum atomic E-state index is 12.2. The van der Waals surface area contributed by atoms with E-state index >= 15 is 0 Å². The number of hydrogen-bond donors (Lipinski definition) is 2. The van der Waals surface area contributed by atoms with Crippen molar-refractivity contribution < 1.29 is 4.79 Å². The Kier molecular flexibility index (Phi) is 3.31. The van der Waals surface area contributed by atoms with Crippen LogP contribution in [0.2, 0.25) is 0 Å². The molecule has 0 saturated carbocycles. The maximum Gasteiger partial charge on any atom is 0.271 e. The minimum atomic E-state index is -0.468. The first-order chi connectivity index (χ1) is 10.1. The lowest BCUT2D eigenvalue weighted by atomic mass is 10.1. The third kappa shape index (κ3) is 2.85. The van der Waals surface area contributed by atoms with E-state index in [0.717, 1.165) is 0 Å². The molecule has 6 heteroatoms. The molecule has 0 aliphatic heterocycles. The first-order valence-corrected chi connectivity index (χ1v) is 7.28. The zero-order chi connectivity index (χ0) is 14.9. The lowest BCUT2D eigenvalue weighted by Crippen LogP contribution is -2.42. The van der Waals surface area contributed by atoms with E-state index < -0.39 is 5.54 Å². The Morgan fingerprint density at radius 1 is 1.38 bits per heavy atom. The van der Waals surface area contributed by atoms with E-state index in [-0.39, 0.29) is 11.5 Å². The molecule has 0 saturated heterocycles. The fourth-order valence-electron chi connectivity index (χ4n) is 2.05. The van der Waals surface area contributed by atoms with Crippen molar-refractivity contribution in [2.45, 2.75) is 12.5 Å². The minimum Gasteiger partial charge on any atom is -0.339 e. The van der Waals surface area contributed by atoms with Crippen molar-refractivity contribution in [3.63, 3.8) is 0 Å². The summed E-state index contributed by atoms with van der Waals surface area (Å²) in [4.78, 5) is 30.4. The molecule has 2 N–H and O–H groups in total. The standard InChI is InChI=1S/C15H13N3O2S/c1-15(5-2-3-6-15)18-13(20)11-9-21-14(17-11)10-4-7-16-12(19)8-10/h2-9H,1H3,(H,16,19)(H,18,20). The van der Waals surface area contributed by atoms with Gasteiger partial charge < -0.3 is 10.3 Å². The molecule has 0 unspecified atom stereocenters. The summed E-state index contributed by atoms with van der Waals surface area (Å²) in [5, 5.41) is 5.25. The van der Waals surface area contributed by atoms with Gasteiger partial charge in [-0.15, -0.1) is 11.3 Å². The molecule has 1 aliphatic rings. The van der Waals surface area contributed by atoms with Crippen LogP contribution in [0.1, 0.15) is 17.4 Å². The third-order valence-electron chi connectivity index (χ3n) is 3.14. The molecule has 5 nitrogen and oxygen atoms in total. The van der Waals surface area contributed by atoms with Gasteiger partial charge in [-0.1, -0.05) is 24.3 Å². The number of carbonyl (C=O) groups excluding carboxylic acids is 1. The summed E-state index contributed by atoms with van der Waals surface area (Å²) in [6.07, 6.45) is 9.17. The van der Waals surface area contributed by atoms with E-state index in [1.54, 1.807) is 17.6 Å². The van der Waals surface area contributed by atoms with Crippen molar-refractivity contribution in [3.8, 4) is 10.6 Å². The van der Waals surface area contributed by atoms with Gasteiger partial charge in [-0.05, 0) is 13.0 Å². The molecule has 3 rings (SSSR count). The van der Waals surface area contributed by atoms with Crippen LogP contribution < -0.4 is 10.9 Å². The average Bonchev–Trinajstić information content (AvgIpc) is 3.08. The van der Waals surface area contributed by atoms with E-state index in [4.69, 9.17) is 0 Å². The molecule has 0 aromatic carbocycles. The van der Waals surface area contributed by atoms with Crippen LogP contribution in [0, 0.1) is 0 Å². The highest BCUT2D eigenvalue weighted by Gasteiger charge is 2.23. The molecular formula is C15H13N3O2S. The molecule has 0 spiro atoms. The van der Waals surface area contributed by atoms with Gasteiger partial charge in [-0.2, -0.15) is 0 Å². The third-order valence-corrected chi connectivity index (χ3v) is 4.03. The molecule has 1 amide bonds. The van der Waals surface area contributed by atoms with Crippen molar-refractivity contribution in [2.75, 3.05) is 0 Å². The van der Waals surface area contributed by atoms with Gasteiger partial charge >= 0.3 is 0 Å². The molecule has 106 valence electrons. The van der Waals surface area contributed by atoms with Crippen molar-refractivity contribution in [1.29, 1.82) is 0 Å². The van der Waals surface area contributed by atoms with Crippen molar-refractivity contribution >= 4 is 17.2 Å². The number of pyridine rings is 1. The van der Waals surface area contributed by atoms with Crippen molar-refractivity contribution in [1.82, 2.24) is 15.3 Å². The highest BCUT2D eigenvalue weighted by Crippen LogP contribution is 2.23. The van der Waals surface area contributed by atoms with E-state index in [9.17, 15) is 9.59 Å². The molecule has 1 aliphatic carbocycles. The number of rotatable bonds is 3. The highest BCUT2D eigenvalue weighted by molar-refractivity contribution is 7.13. The zero-order valence-corrected chi connectivity index (χ0v) is 12.1. The second-order valence-corrected chi connectivity index (χ2v) is 5.79. The van der Waals surface area contributed by atoms with E-state index in [2.05, 4.69) is 15.3 Å². The van der Waals surface area contributed by atoms with Gasteiger partial charge in [0.1, 0.15) is 10.7 Å². The number of thiazole rings is 1. The number of aromatic amines is 1. The Hall–Kier alpha value is -2.47. The molecule has 2 aromatic rings. The first-order valence-electron chi connectivity index (χ1n) is 6.40. The zero-order valence-electron chi connectivity index (χ0n) is 11.3. The van der Waals surface area contributed by atoms with Crippen molar-refractivity contribution in [3.05, 3.63) is 64.1 Å². The molecule has 0 radical (unpaired) electrons. The number of carbonyl (C=O) groups is 1. The quantitative estimate of drug-likeness (QED) is 0.911. The largest absolute Gasteiger partial charge is 0.339 e. The molecule has 0 atom stereocenters. The average molecular weight is 299 g/mol.